The highest BCUT2D eigenvalue weighted by atomic mass is 32.2. The molecule has 0 fully saturated rings. The van der Waals surface area contributed by atoms with Gasteiger partial charge in [0.05, 0.1) is 10.6 Å². The Morgan fingerprint density at radius 3 is 1.89 bits per heavy atom. The van der Waals surface area contributed by atoms with E-state index in [1.807, 2.05) is 78.6 Å². The lowest BCUT2D eigenvalue weighted by Gasteiger charge is -2.25. The lowest BCUT2D eigenvalue weighted by Crippen LogP contribution is -2.35. The van der Waals surface area contributed by atoms with Crippen LogP contribution >= 0.6 is 0 Å². The lowest BCUT2D eigenvalue weighted by molar-refractivity contribution is 0.0730. The molecule has 1 heterocycles. The Morgan fingerprint density at radius 2 is 1.33 bits per heavy atom. The van der Waals surface area contributed by atoms with Crippen molar-refractivity contribution in [2.75, 3.05) is 4.31 Å². The first-order chi connectivity index (χ1) is 17.4. The van der Waals surface area contributed by atoms with Crippen LogP contribution in [0.15, 0.2) is 114 Å². The standard InChI is InChI=1S/C30H28N2O3S/c1-23-19-27-20-26(17-18-29(27)32(23)36(34,35)28-15-9-4-10-16-28)30(33)31(21-24-11-5-2-6-12-24)22-25-13-7-3-8-14-25/h2-18,20,23H,19,21-22H2,1H3/t23-/m0/s1. The third-order valence-corrected chi connectivity index (χ3v) is 8.44. The van der Waals surface area contributed by atoms with Gasteiger partial charge in [0.1, 0.15) is 0 Å². The predicted molar refractivity (Wildman–Crippen MR) is 142 cm³/mol. The van der Waals surface area contributed by atoms with Gasteiger partial charge in [0.25, 0.3) is 15.9 Å². The van der Waals surface area contributed by atoms with Gasteiger partial charge in [-0.3, -0.25) is 9.10 Å². The van der Waals surface area contributed by atoms with Crippen molar-refractivity contribution in [1.82, 2.24) is 4.90 Å². The van der Waals surface area contributed by atoms with E-state index in [0.717, 1.165) is 16.7 Å². The van der Waals surface area contributed by atoms with Crippen LogP contribution in [-0.2, 0) is 29.5 Å². The fourth-order valence-corrected chi connectivity index (χ4v) is 6.51. The Morgan fingerprint density at radius 1 is 0.806 bits per heavy atom. The van der Waals surface area contributed by atoms with E-state index in [-0.39, 0.29) is 16.8 Å². The number of amides is 1. The molecule has 4 aromatic rings. The molecule has 5 rings (SSSR count). The summed E-state index contributed by atoms with van der Waals surface area (Å²) < 4.78 is 28.3. The molecular formula is C30H28N2O3S. The van der Waals surface area contributed by atoms with Crippen molar-refractivity contribution in [1.29, 1.82) is 0 Å². The van der Waals surface area contributed by atoms with Crippen molar-refractivity contribution < 1.29 is 13.2 Å². The zero-order valence-corrected chi connectivity index (χ0v) is 20.9. The maximum absolute atomic E-state index is 13.7. The van der Waals surface area contributed by atoms with Gasteiger partial charge in [-0.15, -0.1) is 0 Å². The Kier molecular flexibility index (Phi) is 6.61. The first-order valence-corrected chi connectivity index (χ1v) is 13.5. The first kappa shape index (κ1) is 23.8. The molecule has 0 saturated heterocycles. The number of fused-ring (bicyclic) bond motifs is 1. The van der Waals surface area contributed by atoms with E-state index in [1.54, 1.807) is 42.5 Å². The zero-order valence-electron chi connectivity index (χ0n) is 20.1. The van der Waals surface area contributed by atoms with Crippen molar-refractivity contribution in [3.05, 3.63) is 131 Å². The van der Waals surface area contributed by atoms with E-state index in [4.69, 9.17) is 0 Å². The fraction of sp³-hybridized carbons (Fsp3) is 0.167. The second-order valence-corrected chi connectivity index (χ2v) is 11.0. The number of sulfonamides is 1. The number of rotatable bonds is 7. The lowest BCUT2D eigenvalue weighted by atomic mass is 10.1. The van der Waals surface area contributed by atoms with E-state index in [1.165, 1.54) is 4.31 Å². The van der Waals surface area contributed by atoms with E-state index < -0.39 is 10.0 Å². The third-order valence-electron chi connectivity index (χ3n) is 6.50. The van der Waals surface area contributed by atoms with Gasteiger partial charge in [-0.1, -0.05) is 78.9 Å². The number of anilines is 1. The van der Waals surface area contributed by atoms with E-state index in [0.29, 0.717) is 30.8 Å². The molecule has 4 aromatic carbocycles. The van der Waals surface area contributed by atoms with E-state index in [9.17, 15) is 13.2 Å². The van der Waals surface area contributed by atoms with Gasteiger partial charge in [0, 0.05) is 24.7 Å². The molecular weight excluding hydrogens is 468 g/mol. The summed E-state index contributed by atoms with van der Waals surface area (Å²) in [5.74, 6) is -0.0810. The molecule has 0 bridgehead atoms. The van der Waals surface area contributed by atoms with Gasteiger partial charge in [0.2, 0.25) is 0 Å². The summed E-state index contributed by atoms with van der Waals surface area (Å²) in [5, 5.41) is 0. The van der Waals surface area contributed by atoms with Crippen LogP contribution in [0.2, 0.25) is 0 Å². The molecule has 5 nitrogen and oxygen atoms in total. The van der Waals surface area contributed by atoms with Crippen molar-refractivity contribution in [3.63, 3.8) is 0 Å². The van der Waals surface area contributed by atoms with Crippen molar-refractivity contribution >= 4 is 21.6 Å². The van der Waals surface area contributed by atoms with Crippen molar-refractivity contribution in [2.45, 2.75) is 37.4 Å². The Labute approximate surface area is 212 Å². The van der Waals surface area contributed by atoms with Gasteiger partial charge in [-0.25, -0.2) is 8.42 Å². The van der Waals surface area contributed by atoms with Crippen LogP contribution in [-0.4, -0.2) is 25.3 Å². The molecule has 0 spiro atoms. The van der Waals surface area contributed by atoms with Crippen LogP contribution in [0.1, 0.15) is 34.0 Å². The van der Waals surface area contributed by atoms with Gasteiger partial charge >= 0.3 is 0 Å². The van der Waals surface area contributed by atoms with Gasteiger partial charge < -0.3 is 4.90 Å². The molecule has 0 N–H and O–H groups in total. The third kappa shape index (κ3) is 4.77. The number of nitrogens with zero attached hydrogens (tertiary/aromatic N) is 2. The molecule has 36 heavy (non-hydrogen) atoms. The van der Waals surface area contributed by atoms with E-state index in [2.05, 4.69) is 0 Å². The second kappa shape index (κ2) is 9.99. The molecule has 1 aliphatic heterocycles. The van der Waals surface area contributed by atoms with Gasteiger partial charge in [-0.05, 0) is 60.4 Å². The maximum Gasteiger partial charge on any atom is 0.264 e. The summed E-state index contributed by atoms with van der Waals surface area (Å²) in [6, 6.07) is 33.5. The fourth-order valence-electron chi connectivity index (χ4n) is 4.80. The Bertz CT molecular complexity index is 1410. The number of carbonyl (C=O) groups is 1. The Hall–Kier alpha value is -3.90. The maximum atomic E-state index is 13.7. The second-order valence-electron chi connectivity index (χ2n) is 9.14. The quantitative estimate of drug-likeness (QED) is 0.331. The molecule has 0 unspecified atom stereocenters. The van der Waals surface area contributed by atoms with Gasteiger partial charge in [-0.2, -0.15) is 0 Å². The molecule has 0 aromatic heterocycles. The highest BCUT2D eigenvalue weighted by Gasteiger charge is 2.36. The number of hydrogen-bond donors (Lipinski definition) is 0. The van der Waals surface area contributed by atoms with Crippen LogP contribution < -0.4 is 4.31 Å². The smallest absolute Gasteiger partial charge is 0.264 e. The van der Waals surface area contributed by atoms with Crippen molar-refractivity contribution in [3.8, 4) is 0 Å². The molecule has 1 amide bonds. The minimum Gasteiger partial charge on any atom is -0.330 e. The van der Waals surface area contributed by atoms with Crippen molar-refractivity contribution in [2.24, 2.45) is 0 Å². The predicted octanol–water partition coefficient (Wildman–Crippen LogP) is 5.67. The highest BCUT2D eigenvalue weighted by molar-refractivity contribution is 7.92. The summed E-state index contributed by atoms with van der Waals surface area (Å²) in [6.07, 6.45) is 0.555. The topological polar surface area (TPSA) is 57.7 Å². The monoisotopic (exact) mass is 496 g/mol. The highest BCUT2D eigenvalue weighted by Crippen LogP contribution is 2.37. The number of hydrogen-bond acceptors (Lipinski definition) is 3. The average molecular weight is 497 g/mol. The number of carbonyl (C=O) groups excluding carboxylic acids is 1. The van der Waals surface area contributed by atoms with Crippen LogP contribution in [0.4, 0.5) is 5.69 Å². The van der Waals surface area contributed by atoms with E-state index >= 15 is 0 Å². The molecule has 0 radical (unpaired) electrons. The van der Waals surface area contributed by atoms with Gasteiger partial charge in [0.15, 0.2) is 0 Å². The zero-order chi connectivity index (χ0) is 25.1. The summed E-state index contributed by atoms with van der Waals surface area (Å²) in [5.41, 5.74) is 4.17. The average Bonchev–Trinajstić information content (AvgIpc) is 3.25. The summed E-state index contributed by atoms with van der Waals surface area (Å²) in [6.45, 7) is 2.87. The summed E-state index contributed by atoms with van der Waals surface area (Å²) in [7, 11) is -3.69. The van der Waals surface area contributed by atoms with Crippen LogP contribution in [0.25, 0.3) is 0 Å². The largest absolute Gasteiger partial charge is 0.330 e. The number of benzene rings is 4. The minimum atomic E-state index is -3.69. The molecule has 182 valence electrons. The SMILES string of the molecule is C[C@H]1Cc2cc(C(=O)N(Cc3ccccc3)Cc3ccccc3)ccc2N1S(=O)(=O)c1ccccc1. The van der Waals surface area contributed by atoms with Crippen LogP contribution in [0.5, 0.6) is 0 Å². The summed E-state index contributed by atoms with van der Waals surface area (Å²) in [4.78, 5) is 15.8. The normalized spacial score (nSPS) is 14.9. The first-order valence-electron chi connectivity index (χ1n) is 12.0. The minimum absolute atomic E-state index is 0.0810. The Balaban J connectivity index is 1.46. The molecule has 6 heteroatoms. The molecule has 0 aliphatic carbocycles. The molecule has 0 saturated carbocycles. The summed E-state index contributed by atoms with van der Waals surface area (Å²) >= 11 is 0. The molecule has 1 atom stereocenters. The molecule has 1 aliphatic rings. The van der Waals surface area contributed by atoms with Crippen LogP contribution in [0.3, 0.4) is 0 Å². The van der Waals surface area contributed by atoms with Crippen LogP contribution in [0, 0.1) is 0 Å².